The van der Waals surface area contributed by atoms with Gasteiger partial charge in [-0.1, -0.05) is 37.5 Å². The molecule has 0 heterocycles. The van der Waals surface area contributed by atoms with Gasteiger partial charge in [0.05, 0.1) is 6.10 Å². The van der Waals surface area contributed by atoms with Crippen LogP contribution in [0.4, 0.5) is 0 Å². The molecule has 0 aliphatic heterocycles. The zero-order valence-electron chi connectivity index (χ0n) is 12.4. The molecule has 0 amide bonds. The van der Waals surface area contributed by atoms with Crippen LogP contribution in [0, 0.1) is 13.8 Å². The van der Waals surface area contributed by atoms with Gasteiger partial charge in [0.2, 0.25) is 0 Å². The molecule has 1 fully saturated rings. The second-order valence-electron chi connectivity index (χ2n) is 6.08. The monoisotopic (exact) mass is 261 g/mol. The maximum absolute atomic E-state index is 10.5. The molecule has 0 spiro atoms. The van der Waals surface area contributed by atoms with E-state index in [1.165, 1.54) is 43.2 Å². The molecule has 2 unspecified atom stereocenters. The Labute approximate surface area is 117 Å². The Kier molecular flexibility index (Phi) is 5.00. The first kappa shape index (κ1) is 14.5. The van der Waals surface area contributed by atoms with Gasteiger partial charge in [-0.25, -0.2) is 0 Å². The van der Waals surface area contributed by atoms with Crippen LogP contribution < -0.4 is 5.32 Å². The van der Waals surface area contributed by atoms with Crippen molar-refractivity contribution in [2.75, 3.05) is 0 Å². The summed E-state index contributed by atoms with van der Waals surface area (Å²) in [4.78, 5) is 0. The van der Waals surface area contributed by atoms with Gasteiger partial charge >= 0.3 is 0 Å². The number of rotatable bonds is 4. The average molecular weight is 261 g/mol. The number of nitrogens with one attached hydrogen (secondary N) is 1. The SMILES string of the molecule is Cc1ccc(C(O)C(C)NC2CCCCC2)cc1C. The third-order valence-electron chi connectivity index (χ3n) is 4.45. The van der Waals surface area contributed by atoms with Crippen LogP contribution in [0.2, 0.25) is 0 Å². The van der Waals surface area contributed by atoms with E-state index in [1.807, 2.05) is 6.07 Å². The van der Waals surface area contributed by atoms with Crippen LogP contribution in [-0.2, 0) is 0 Å². The molecular weight excluding hydrogens is 234 g/mol. The number of aryl methyl sites for hydroxylation is 2. The molecule has 1 aromatic carbocycles. The van der Waals surface area contributed by atoms with E-state index in [0.29, 0.717) is 6.04 Å². The number of hydrogen-bond acceptors (Lipinski definition) is 2. The first-order valence-electron chi connectivity index (χ1n) is 7.59. The Morgan fingerprint density at radius 1 is 1.11 bits per heavy atom. The summed E-state index contributed by atoms with van der Waals surface area (Å²) in [6.45, 7) is 6.30. The third kappa shape index (κ3) is 3.80. The molecule has 19 heavy (non-hydrogen) atoms. The zero-order chi connectivity index (χ0) is 13.8. The van der Waals surface area contributed by atoms with E-state index in [0.717, 1.165) is 5.56 Å². The molecule has 1 aliphatic rings. The van der Waals surface area contributed by atoms with Crippen LogP contribution in [0.25, 0.3) is 0 Å². The van der Waals surface area contributed by atoms with Crippen molar-refractivity contribution in [3.05, 3.63) is 34.9 Å². The Morgan fingerprint density at radius 2 is 1.79 bits per heavy atom. The van der Waals surface area contributed by atoms with E-state index >= 15 is 0 Å². The molecule has 2 atom stereocenters. The Balaban J connectivity index is 1.97. The fourth-order valence-corrected chi connectivity index (χ4v) is 2.97. The summed E-state index contributed by atoms with van der Waals surface area (Å²) in [6.07, 6.45) is 6.11. The summed E-state index contributed by atoms with van der Waals surface area (Å²) in [6, 6.07) is 6.96. The van der Waals surface area contributed by atoms with Gasteiger partial charge in [0.15, 0.2) is 0 Å². The van der Waals surface area contributed by atoms with Gasteiger partial charge in [0.1, 0.15) is 0 Å². The molecule has 1 aromatic rings. The van der Waals surface area contributed by atoms with E-state index in [9.17, 15) is 5.11 Å². The highest BCUT2D eigenvalue weighted by atomic mass is 16.3. The van der Waals surface area contributed by atoms with Crippen LogP contribution >= 0.6 is 0 Å². The Morgan fingerprint density at radius 3 is 2.42 bits per heavy atom. The highest BCUT2D eigenvalue weighted by Crippen LogP contribution is 2.23. The molecule has 0 aromatic heterocycles. The lowest BCUT2D eigenvalue weighted by Crippen LogP contribution is -2.41. The highest BCUT2D eigenvalue weighted by molar-refractivity contribution is 5.31. The molecule has 1 aliphatic carbocycles. The maximum Gasteiger partial charge on any atom is 0.0940 e. The predicted octanol–water partition coefficient (Wildman–Crippen LogP) is 3.65. The number of hydrogen-bond donors (Lipinski definition) is 2. The summed E-state index contributed by atoms with van der Waals surface area (Å²) in [5, 5.41) is 14.1. The van der Waals surface area contributed by atoms with Crippen LogP contribution in [0.1, 0.15) is 61.8 Å². The van der Waals surface area contributed by atoms with Crippen LogP contribution in [-0.4, -0.2) is 17.2 Å². The summed E-state index contributed by atoms with van der Waals surface area (Å²) < 4.78 is 0. The lowest BCUT2D eigenvalue weighted by Gasteiger charge is -2.29. The van der Waals surface area contributed by atoms with Crippen molar-refractivity contribution in [3.63, 3.8) is 0 Å². The fourth-order valence-electron chi connectivity index (χ4n) is 2.97. The van der Waals surface area contributed by atoms with Gasteiger partial charge in [-0.2, -0.15) is 0 Å². The number of aliphatic hydroxyl groups is 1. The van der Waals surface area contributed by atoms with E-state index in [4.69, 9.17) is 0 Å². The van der Waals surface area contributed by atoms with E-state index in [2.05, 4.69) is 38.2 Å². The minimum Gasteiger partial charge on any atom is -0.387 e. The van der Waals surface area contributed by atoms with Crippen molar-refractivity contribution in [3.8, 4) is 0 Å². The second kappa shape index (κ2) is 6.53. The lowest BCUT2D eigenvalue weighted by atomic mass is 9.93. The van der Waals surface area contributed by atoms with Crippen molar-refractivity contribution >= 4 is 0 Å². The lowest BCUT2D eigenvalue weighted by molar-refractivity contribution is 0.125. The van der Waals surface area contributed by atoms with Crippen molar-refractivity contribution in [1.29, 1.82) is 0 Å². The molecule has 106 valence electrons. The molecule has 2 N–H and O–H groups in total. The van der Waals surface area contributed by atoms with Crippen molar-refractivity contribution in [2.24, 2.45) is 0 Å². The summed E-state index contributed by atoms with van der Waals surface area (Å²) in [5.74, 6) is 0. The van der Waals surface area contributed by atoms with Gasteiger partial charge in [0, 0.05) is 12.1 Å². The first-order valence-corrected chi connectivity index (χ1v) is 7.59. The number of aliphatic hydroxyl groups excluding tert-OH is 1. The predicted molar refractivity (Wildman–Crippen MR) is 80.3 cm³/mol. The minimum atomic E-state index is -0.416. The third-order valence-corrected chi connectivity index (χ3v) is 4.45. The fraction of sp³-hybridized carbons (Fsp3) is 0.647. The molecule has 2 rings (SSSR count). The summed E-state index contributed by atoms with van der Waals surface area (Å²) >= 11 is 0. The Hall–Kier alpha value is -0.860. The molecule has 1 saturated carbocycles. The summed E-state index contributed by atoms with van der Waals surface area (Å²) in [5.41, 5.74) is 3.56. The average Bonchev–Trinajstić information content (AvgIpc) is 2.42. The molecule has 0 saturated heterocycles. The summed E-state index contributed by atoms with van der Waals surface area (Å²) in [7, 11) is 0. The Bertz CT molecular complexity index is 410. The van der Waals surface area contributed by atoms with Crippen LogP contribution in [0.3, 0.4) is 0 Å². The molecule has 2 heteroatoms. The van der Waals surface area contributed by atoms with Crippen LogP contribution in [0.15, 0.2) is 18.2 Å². The van der Waals surface area contributed by atoms with E-state index in [-0.39, 0.29) is 6.04 Å². The van der Waals surface area contributed by atoms with Gasteiger partial charge < -0.3 is 10.4 Å². The standard InChI is InChI=1S/C17H27NO/c1-12-9-10-15(11-13(12)2)17(19)14(3)18-16-7-5-4-6-8-16/h9-11,14,16-19H,4-8H2,1-3H3. The minimum absolute atomic E-state index is 0.116. The van der Waals surface area contributed by atoms with Gasteiger partial charge in [-0.05, 0) is 50.3 Å². The second-order valence-corrected chi connectivity index (χ2v) is 6.08. The van der Waals surface area contributed by atoms with Gasteiger partial charge in [-0.15, -0.1) is 0 Å². The van der Waals surface area contributed by atoms with Crippen molar-refractivity contribution < 1.29 is 5.11 Å². The quantitative estimate of drug-likeness (QED) is 0.867. The smallest absolute Gasteiger partial charge is 0.0940 e. The maximum atomic E-state index is 10.5. The topological polar surface area (TPSA) is 32.3 Å². The zero-order valence-corrected chi connectivity index (χ0v) is 12.4. The molecule has 0 radical (unpaired) electrons. The van der Waals surface area contributed by atoms with Crippen LogP contribution in [0.5, 0.6) is 0 Å². The number of benzene rings is 1. The van der Waals surface area contributed by atoms with Gasteiger partial charge in [-0.3, -0.25) is 0 Å². The van der Waals surface area contributed by atoms with E-state index in [1.54, 1.807) is 0 Å². The molecule has 0 bridgehead atoms. The first-order chi connectivity index (χ1) is 9.08. The van der Waals surface area contributed by atoms with Gasteiger partial charge in [0.25, 0.3) is 0 Å². The molecule has 2 nitrogen and oxygen atoms in total. The van der Waals surface area contributed by atoms with Crippen molar-refractivity contribution in [1.82, 2.24) is 5.32 Å². The van der Waals surface area contributed by atoms with E-state index < -0.39 is 6.10 Å². The molecular formula is C17H27NO. The van der Waals surface area contributed by atoms with Crippen molar-refractivity contribution in [2.45, 2.75) is 71.1 Å². The highest BCUT2D eigenvalue weighted by Gasteiger charge is 2.21. The normalized spacial score (nSPS) is 20.2. The largest absolute Gasteiger partial charge is 0.387 e.